The number of carbonyl (C=O) groups excluding carboxylic acids is 4. The third kappa shape index (κ3) is 7.73. The first-order valence-electron chi connectivity index (χ1n) is 14.6. The second kappa shape index (κ2) is 12.8. The van der Waals surface area contributed by atoms with Crippen LogP contribution in [0.4, 0.5) is 4.79 Å². The van der Waals surface area contributed by atoms with Gasteiger partial charge in [-0.15, -0.1) is 0 Å². The van der Waals surface area contributed by atoms with Crippen LogP contribution in [0, 0.1) is 17.2 Å². The molecule has 1 aliphatic carbocycles. The van der Waals surface area contributed by atoms with Gasteiger partial charge in [-0.1, -0.05) is 31.1 Å². The molecule has 4 atom stereocenters. The van der Waals surface area contributed by atoms with E-state index >= 15 is 0 Å². The maximum atomic E-state index is 13.7. The zero-order chi connectivity index (χ0) is 31.4. The fraction of sp³-hybridized carbons (Fsp3) is 0.567. The molecule has 2 fully saturated rings. The maximum Gasteiger partial charge on any atom is 0.408 e. The molecular weight excluding hydrogens is 574 g/mol. The highest BCUT2D eigenvalue weighted by Gasteiger charge is 2.61. The molecule has 0 spiro atoms. The lowest BCUT2D eigenvalue weighted by Crippen LogP contribution is -2.58. The number of sulfonamides is 1. The minimum absolute atomic E-state index is 0.119. The van der Waals surface area contributed by atoms with Crippen LogP contribution in [0.2, 0.25) is 0 Å². The van der Waals surface area contributed by atoms with E-state index in [0.29, 0.717) is 38.6 Å². The number of carbonyl (C=O) groups is 4. The van der Waals surface area contributed by atoms with E-state index in [1.165, 1.54) is 23.1 Å². The van der Waals surface area contributed by atoms with E-state index in [9.17, 15) is 27.6 Å². The zero-order valence-electron chi connectivity index (χ0n) is 24.7. The number of nitrogens with one attached hydrogen (secondary N) is 3. The van der Waals surface area contributed by atoms with Gasteiger partial charge in [-0.25, -0.2) is 17.9 Å². The first-order valence-corrected chi connectivity index (χ1v) is 16.1. The highest BCUT2D eigenvalue weighted by atomic mass is 32.2. The molecule has 0 bridgehead atoms. The summed E-state index contributed by atoms with van der Waals surface area (Å²) in [7, 11) is -4.34. The summed E-state index contributed by atoms with van der Waals surface area (Å²) >= 11 is 0. The second-order valence-electron chi connectivity index (χ2n) is 12.3. The molecule has 4 rings (SSSR count). The van der Waals surface area contributed by atoms with Gasteiger partial charge in [0.15, 0.2) is 0 Å². The van der Waals surface area contributed by atoms with Gasteiger partial charge in [-0.2, -0.15) is 5.26 Å². The van der Waals surface area contributed by atoms with Crippen molar-refractivity contribution < 1.29 is 32.3 Å². The quantitative estimate of drug-likeness (QED) is 0.435. The molecule has 13 heteroatoms. The van der Waals surface area contributed by atoms with Crippen molar-refractivity contribution in [3.63, 3.8) is 0 Å². The summed E-state index contributed by atoms with van der Waals surface area (Å²) in [6, 6.07) is 5.39. The summed E-state index contributed by atoms with van der Waals surface area (Å²) in [6.45, 7) is 5.48. The van der Waals surface area contributed by atoms with Crippen molar-refractivity contribution in [2.75, 3.05) is 6.54 Å². The molecule has 0 aromatic heterocycles. The van der Waals surface area contributed by atoms with E-state index in [4.69, 9.17) is 10.00 Å². The Hall–Kier alpha value is -3.92. The molecule has 1 saturated carbocycles. The zero-order valence-corrected chi connectivity index (χ0v) is 25.5. The van der Waals surface area contributed by atoms with Crippen LogP contribution in [0.1, 0.15) is 77.7 Å². The summed E-state index contributed by atoms with van der Waals surface area (Å²) in [5.74, 6) is -2.29. The molecule has 12 nitrogen and oxygen atoms in total. The van der Waals surface area contributed by atoms with Gasteiger partial charge in [0.05, 0.1) is 16.5 Å². The van der Waals surface area contributed by atoms with Crippen molar-refractivity contribution in [2.45, 2.75) is 100 Å². The van der Waals surface area contributed by atoms with Crippen molar-refractivity contribution >= 4 is 33.8 Å². The molecular formula is C30H39N5O7S. The molecule has 2 heterocycles. The molecule has 4 amide bonds. The summed E-state index contributed by atoms with van der Waals surface area (Å²) in [5, 5.41) is 14.6. The van der Waals surface area contributed by atoms with Crippen molar-refractivity contribution in [3.05, 3.63) is 42.0 Å². The number of fused-ring (bicyclic) bond motifs is 2. The Labute approximate surface area is 252 Å². The first kappa shape index (κ1) is 32.0. The van der Waals surface area contributed by atoms with Gasteiger partial charge in [-0.3, -0.25) is 14.4 Å². The number of rotatable bonds is 4. The number of hydrogen-bond donors (Lipinski definition) is 3. The Morgan fingerprint density at radius 1 is 1.14 bits per heavy atom. The second-order valence-corrected chi connectivity index (χ2v) is 14.0. The number of hydrogen-bond acceptors (Lipinski definition) is 8. The molecule has 43 heavy (non-hydrogen) atoms. The third-order valence-corrected chi connectivity index (χ3v) is 9.15. The van der Waals surface area contributed by atoms with E-state index in [-0.39, 0.29) is 16.9 Å². The highest BCUT2D eigenvalue weighted by molar-refractivity contribution is 7.90. The first-order chi connectivity index (χ1) is 20.3. The third-order valence-electron chi connectivity index (χ3n) is 7.83. The van der Waals surface area contributed by atoms with Crippen molar-refractivity contribution in [1.82, 2.24) is 20.3 Å². The SMILES string of the molecule is CC(C)(C)OC(=O)N[C@H]1CCCCCC=C[C@@H]2C[C@@]2(C(=O)NS(=O)(=O)c2cccc(C#N)c2)NC(=O)[C@@H]2CCCN2C1=O. The van der Waals surface area contributed by atoms with Crippen LogP contribution in [0.3, 0.4) is 0 Å². The monoisotopic (exact) mass is 613 g/mol. The predicted octanol–water partition coefficient (Wildman–Crippen LogP) is 2.64. The van der Waals surface area contributed by atoms with Gasteiger partial charge in [-0.05, 0) is 77.5 Å². The molecule has 3 N–H and O–H groups in total. The molecule has 1 aromatic rings. The Morgan fingerprint density at radius 3 is 2.63 bits per heavy atom. The maximum absolute atomic E-state index is 13.7. The Kier molecular flexibility index (Phi) is 9.49. The van der Waals surface area contributed by atoms with Gasteiger partial charge in [0.2, 0.25) is 11.8 Å². The van der Waals surface area contributed by atoms with Gasteiger partial charge in [0.1, 0.15) is 23.2 Å². The van der Waals surface area contributed by atoms with Crippen LogP contribution in [-0.4, -0.2) is 66.9 Å². The number of alkyl carbamates (subject to hydrolysis) is 1. The Bertz CT molecular complexity index is 1450. The summed E-state index contributed by atoms with van der Waals surface area (Å²) in [5.41, 5.74) is -2.15. The number of allylic oxidation sites excluding steroid dienone is 1. The lowest BCUT2D eigenvalue weighted by atomic mass is 10.0. The topological polar surface area (TPSA) is 175 Å². The molecule has 2 aliphatic heterocycles. The Balaban J connectivity index is 1.57. The number of benzene rings is 1. The molecule has 232 valence electrons. The van der Waals surface area contributed by atoms with E-state index in [2.05, 4.69) is 15.4 Å². The van der Waals surface area contributed by atoms with E-state index in [1.807, 2.05) is 18.2 Å². The Morgan fingerprint density at radius 2 is 1.91 bits per heavy atom. The molecule has 1 aromatic carbocycles. The van der Waals surface area contributed by atoms with Gasteiger partial charge in [0.25, 0.3) is 15.9 Å². The van der Waals surface area contributed by atoms with Crippen LogP contribution in [-0.2, 0) is 29.1 Å². The van der Waals surface area contributed by atoms with Crippen LogP contribution in [0.15, 0.2) is 41.3 Å². The average molecular weight is 614 g/mol. The van der Waals surface area contributed by atoms with Crippen LogP contribution >= 0.6 is 0 Å². The van der Waals surface area contributed by atoms with Crippen LogP contribution in [0.5, 0.6) is 0 Å². The standard InChI is InChI=1S/C30H39N5O7S/c1-29(2,3)42-28(39)32-23-14-8-6-4-5-7-12-21-18-30(21,33-25(36)24-15-10-16-35(24)26(23)37)27(38)34-43(40,41)22-13-9-11-20(17-22)19-31/h7,9,11-13,17,21,23-24H,4-6,8,10,14-16,18H2,1-3H3,(H,32,39)(H,33,36)(H,34,38)/t21-,23+,24+,30-/m1/s1. The minimum atomic E-state index is -4.34. The molecule has 3 aliphatic rings. The van der Waals surface area contributed by atoms with Crippen LogP contribution in [0.25, 0.3) is 0 Å². The molecule has 0 unspecified atom stereocenters. The van der Waals surface area contributed by atoms with Crippen molar-refractivity contribution in [2.24, 2.45) is 5.92 Å². The van der Waals surface area contributed by atoms with Crippen molar-refractivity contribution in [1.29, 1.82) is 5.26 Å². The summed E-state index contributed by atoms with van der Waals surface area (Å²) in [4.78, 5) is 54.6. The number of ether oxygens (including phenoxy) is 1. The van der Waals surface area contributed by atoms with E-state index < -0.39 is 63.0 Å². The van der Waals surface area contributed by atoms with Gasteiger partial charge in [0, 0.05) is 12.5 Å². The lowest BCUT2D eigenvalue weighted by molar-refractivity contribution is -0.141. The largest absolute Gasteiger partial charge is 0.444 e. The molecule has 1 saturated heterocycles. The average Bonchev–Trinajstić information content (AvgIpc) is 3.39. The highest BCUT2D eigenvalue weighted by Crippen LogP contribution is 2.45. The van der Waals surface area contributed by atoms with Gasteiger partial charge < -0.3 is 20.3 Å². The smallest absolute Gasteiger partial charge is 0.408 e. The number of nitriles is 1. The van der Waals surface area contributed by atoms with E-state index in [0.717, 1.165) is 18.9 Å². The summed E-state index contributed by atoms with van der Waals surface area (Å²) in [6.07, 6.45) is 7.46. The fourth-order valence-corrected chi connectivity index (χ4v) is 6.63. The van der Waals surface area contributed by atoms with E-state index in [1.54, 1.807) is 20.8 Å². The number of nitrogens with zero attached hydrogens (tertiary/aromatic N) is 2. The fourth-order valence-electron chi connectivity index (χ4n) is 5.55. The van der Waals surface area contributed by atoms with Crippen LogP contribution < -0.4 is 15.4 Å². The number of amides is 4. The van der Waals surface area contributed by atoms with Gasteiger partial charge >= 0.3 is 6.09 Å². The molecule has 0 radical (unpaired) electrons. The predicted molar refractivity (Wildman–Crippen MR) is 156 cm³/mol. The normalized spacial score (nSPS) is 26.5. The minimum Gasteiger partial charge on any atom is -0.444 e. The lowest BCUT2D eigenvalue weighted by Gasteiger charge is -2.30. The summed E-state index contributed by atoms with van der Waals surface area (Å²) < 4.78 is 33.6. The van der Waals surface area contributed by atoms with Crippen molar-refractivity contribution in [3.8, 4) is 6.07 Å².